The third-order valence-corrected chi connectivity index (χ3v) is 5.48. The van der Waals surface area contributed by atoms with Gasteiger partial charge in [-0.1, -0.05) is 18.2 Å². The molecular formula is C23H27N3O3. The Hall–Kier alpha value is -2.86. The van der Waals surface area contributed by atoms with Crippen LogP contribution in [0.1, 0.15) is 18.4 Å². The molecule has 0 spiro atoms. The van der Waals surface area contributed by atoms with E-state index in [0.717, 1.165) is 48.0 Å². The maximum Gasteiger partial charge on any atom is 0.246 e. The van der Waals surface area contributed by atoms with Crippen LogP contribution in [0.15, 0.2) is 42.5 Å². The third kappa shape index (κ3) is 5.15. The number of nitrogens with zero attached hydrogens (tertiary/aromatic N) is 2. The van der Waals surface area contributed by atoms with Gasteiger partial charge in [0.05, 0.1) is 13.7 Å². The molecule has 6 nitrogen and oxygen atoms in total. The van der Waals surface area contributed by atoms with Gasteiger partial charge in [0.25, 0.3) is 0 Å². The lowest BCUT2D eigenvalue weighted by Crippen LogP contribution is -2.51. The SMILES string of the molecule is COc1ccc2cc(/C=C/C(=O)N3CCN(CC(=O)NC4CC4)CC3)ccc2c1. The zero-order valence-electron chi connectivity index (χ0n) is 16.8. The summed E-state index contributed by atoms with van der Waals surface area (Å²) in [6.07, 6.45) is 5.71. The predicted octanol–water partition coefficient (Wildman–Crippen LogP) is 2.28. The van der Waals surface area contributed by atoms with Crippen molar-refractivity contribution in [3.8, 4) is 5.75 Å². The fourth-order valence-electron chi connectivity index (χ4n) is 3.58. The molecule has 0 radical (unpaired) electrons. The normalized spacial score (nSPS) is 17.6. The first kappa shape index (κ1) is 19.5. The number of hydrogen-bond acceptors (Lipinski definition) is 4. The Labute approximate surface area is 171 Å². The van der Waals surface area contributed by atoms with Crippen LogP contribution in [0, 0.1) is 0 Å². The van der Waals surface area contributed by atoms with E-state index in [2.05, 4.69) is 16.3 Å². The topological polar surface area (TPSA) is 61.9 Å². The van der Waals surface area contributed by atoms with Crippen LogP contribution >= 0.6 is 0 Å². The van der Waals surface area contributed by atoms with Gasteiger partial charge in [-0.2, -0.15) is 0 Å². The number of amides is 2. The van der Waals surface area contributed by atoms with Crippen molar-refractivity contribution in [1.29, 1.82) is 0 Å². The zero-order chi connectivity index (χ0) is 20.2. The van der Waals surface area contributed by atoms with Crippen LogP contribution in [0.4, 0.5) is 0 Å². The van der Waals surface area contributed by atoms with E-state index < -0.39 is 0 Å². The van der Waals surface area contributed by atoms with Gasteiger partial charge in [0, 0.05) is 38.3 Å². The summed E-state index contributed by atoms with van der Waals surface area (Å²) in [6, 6.07) is 12.5. The largest absolute Gasteiger partial charge is 0.497 e. The highest BCUT2D eigenvalue weighted by Crippen LogP contribution is 2.22. The van der Waals surface area contributed by atoms with Crippen molar-refractivity contribution in [2.75, 3.05) is 39.8 Å². The van der Waals surface area contributed by atoms with Gasteiger partial charge in [-0.05, 0) is 53.5 Å². The molecule has 1 aliphatic heterocycles. The monoisotopic (exact) mass is 393 g/mol. The molecule has 0 bridgehead atoms. The molecule has 1 aliphatic carbocycles. The molecule has 1 heterocycles. The Balaban J connectivity index is 1.29. The fraction of sp³-hybridized carbons (Fsp3) is 0.391. The average molecular weight is 393 g/mol. The van der Waals surface area contributed by atoms with Crippen molar-refractivity contribution in [3.63, 3.8) is 0 Å². The molecule has 0 unspecified atom stereocenters. The van der Waals surface area contributed by atoms with Crippen molar-refractivity contribution in [2.45, 2.75) is 18.9 Å². The van der Waals surface area contributed by atoms with Crippen molar-refractivity contribution in [1.82, 2.24) is 15.1 Å². The number of carbonyl (C=O) groups is 2. The van der Waals surface area contributed by atoms with E-state index >= 15 is 0 Å². The van der Waals surface area contributed by atoms with Gasteiger partial charge in [0.2, 0.25) is 11.8 Å². The number of piperazine rings is 1. The number of carbonyl (C=O) groups excluding carboxylic acids is 2. The molecule has 152 valence electrons. The molecule has 2 aromatic carbocycles. The number of nitrogens with one attached hydrogen (secondary N) is 1. The maximum atomic E-state index is 12.5. The van der Waals surface area contributed by atoms with Crippen LogP contribution in [-0.2, 0) is 9.59 Å². The molecule has 1 saturated heterocycles. The first-order chi connectivity index (χ1) is 14.1. The molecule has 2 aromatic rings. The van der Waals surface area contributed by atoms with Crippen LogP contribution in [0.5, 0.6) is 5.75 Å². The highest BCUT2D eigenvalue weighted by atomic mass is 16.5. The van der Waals surface area contributed by atoms with E-state index in [1.165, 1.54) is 0 Å². The van der Waals surface area contributed by atoms with E-state index in [1.807, 2.05) is 41.3 Å². The number of hydrogen-bond donors (Lipinski definition) is 1. The van der Waals surface area contributed by atoms with Crippen LogP contribution in [0.25, 0.3) is 16.8 Å². The number of ether oxygens (including phenoxy) is 1. The number of fused-ring (bicyclic) bond motifs is 1. The standard InChI is InChI=1S/C23H27N3O3/c1-29-21-8-5-18-14-17(2-4-19(18)15-21)3-9-23(28)26-12-10-25(11-13-26)16-22(27)24-20-6-7-20/h2-5,8-9,14-15,20H,6-7,10-13,16H2,1H3,(H,24,27)/b9-3+. The van der Waals surface area contributed by atoms with Crippen LogP contribution in [0.3, 0.4) is 0 Å². The Morgan fingerprint density at radius 3 is 2.52 bits per heavy atom. The number of methoxy groups -OCH3 is 1. The fourth-order valence-corrected chi connectivity index (χ4v) is 3.58. The first-order valence-electron chi connectivity index (χ1n) is 10.2. The minimum Gasteiger partial charge on any atom is -0.497 e. The van der Waals surface area contributed by atoms with Gasteiger partial charge in [0.15, 0.2) is 0 Å². The summed E-state index contributed by atoms with van der Waals surface area (Å²) in [4.78, 5) is 28.4. The second-order valence-electron chi connectivity index (χ2n) is 7.75. The number of rotatable bonds is 6. The second-order valence-corrected chi connectivity index (χ2v) is 7.75. The van der Waals surface area contributed by atoms with E-state index in [0.29, 0.717) is 25.7 Å². The van der Waals surface area contributed by atoms with Gasteiger partial charge in [0.1, 0.15) is 5.75 Å². The van der Waals surface area contributed by atoms with Crippen molar-refractivity contribution >= 4 is 28.7 Å². The van der Waals surface area contributed by atoms with Crippen LogP contribution in [-0.4, -0.2) is 67.5 Å². The van der Waals surface area contributed by atoms with E-state index in [9.17, 15) is 9.59 Å². The molecule has 29 heavy (non-hydrogen) atoms. The van der Waals surface area contributed by atoms with Crippen molar-refractivity contribution in [2.24, 2.45) is 0 Å². The molecule has 0 aromatic heterocycles. The average Bonchev–Trinajstić information content (AvgIpc) is 3.55. The lowest BCUT2D eigenvalue weighted by atomic mass is 10.1. The second kappa shape index (κ2) is 8.66. The van der Waals surface area contributed by atoms with Crippen molar-refractivity contribution < 1.29 is 14.3 Å². The van der Waals surface area contributed by atoms with Gasteiger partial charge in [-0.15, -0.1) is 0 Å². The number of benzene rings is 2. The molecule has 1 N–H and O–H groups in total. The van der Waals surface area contributed by atoms with E-state index in [-0.39, 0.29) is 11.8 Å². The predicted molar refractivity (Wildman–Crippen MR) is 114 cm³/mol. The summed E-state index contributed by atoms with van der Waals surface area (Å²) in [5.74, 6) is 0.947. The van der Waals surface area contributed by atoms with Crippen molar-refractivity contribution in [3.05, 3.63) is 48.0 Å². The summed E-state index contributed by atoms with van der Waals surface area (Å²) >= 11 is 0. The molecule has 2 amide bonds. The Morgan fingerprint density at radius 2 is 1.79 bits per heavy atom. The lowest BCUT2D eigenvalue weighted by Gasteiger charge is -2.33. The highest BCUT2D eigenvalue weighted by Gasteiger charge is 2.25. The van der Waals surface area contributed by atoms with E-state index in [4.69, 9.17) is 4.74 Å². The minimum absolute atomic E-state index is 0.0157. The Bertz CT molecular complexity index is 928. The highest BCUT2D eigenvalue weighted by molar-refractivity contribution is 5.93. The smallest absolute Gasteiger partial charge is 0.246 e. The summed E-state index contributed by atoms with van der Waals surface area (Å²) in [5, 5.41) is 5.23. The van der Waals surface area contributed by atoms with E-state index in [1.54, 1.807) is 13.2 Å². The molecular weight excluding hydrogens is 366 g/mol. The summed E-state index contributed by atoms with van der Waals surface area (Å²) < 4.78 is 5.26. The van der Waals surface area contributed by atoms with Gasteiger partial charge >= 0.3 is 0 Å². The lowest BCUT2D eigenvalue weighted by molar-refractivity contribution is -0.128. The minimum atomic E-state index is 0.0157. The Kier molecular flexibility index (Phi) is 5.81. The van der Waals surface area contributed by atoms with Gasteiger partial charge < -0.3 is 15.0 Å². The van der Waals surface area contributed by atoms with Gasteiger partial charge in [-0.25, -0.2) is 0 Å². The van der Waals surface area contributed by atoms with Gasteiger partial charge in [-0.3, -0.25) is 14.5 Å². The summed E-state index contributed by atoms with van der Waals surface area (Å²) in [7, 11) is 1.66. The molecule has 0 atom stereocenters. The molecule has 4 rings (SSSR count). The first-order valence-corrected chi connectivity index (χ1v) is 10.2. The third-order valence-electron chi connectivity index (χ3n) is 5.48. The molecule has 2 aliphatic rings. The Morgan fingerprint density at radius 1 is 1.07 bits per heavy atom. The van der Waals surface area contributed by atoms with Crippen LogP contribution < -0.4 is 10.1 Å². The summed E-state index contributed by atoms with van der Waals surface area (Å²) in [6.45, 7) is 3.19. The van der Waals surface area contributed by atoms with Crippen LogP contribution in [0.2, 0.25) is 0 Å². The molecule has 6 heteroatoms. The summed E-state index contributed by atoms with van der Waals surface area (Å²) in [5.41, 5.74) is 0.992. The zero-order valence-corrected chi connectivity index (χ0v) is 16.8. The maximum absolute atomic E-state index is 12.5. The molecule has 1 saturated carbocycles. The quantitative estimate of drug-likeness (QED) is 0.765. The molecule has 2 fully saturated rings.